The van der Waals surface area contributed by atoms with Crippen LogP contribution >= 0.6 is 0 Å². The van der Waals surface area contributed by atoms with Gasteiger partial charge in [0, 0.05) is 6.20 Å². The molecule has 1 aromatic rings. The SMILES string of the molecule is N=c1nc(N)ccn1N. The van der Waals surface area contributed by atoms with Gasteiger partial charge in [0.05, 0.1) is 0 Å². The fourth-order valence-corrected chi connectivity index (χ4v) is 0.445. The number of rotatable bonds is 0. The Kier molecular flexibility index (Phi) is 1.11. The molecule has 48 valence electrons. The number of hydrogen-bond donors (Lipinski definition) is 3. The topological polar surface area (TPSA) is 93.7 Å². The summed E-state index contributed by atoms with van der Waals surface area (Å²) in [7, 11) is 0. The first-order chi connectivity index (χ1) is 4.20. The molecule has 0 aliphatic rings. The third-order valence-electron chi connectivity index (χ3n) is 0.885. The molecule has 5 heteroatoms. The summed E-state index contributed by atoms with van der Waals surface area (Å²) in [5, 5.41) is 7.01. The average Bonchev–Trinajstić information content (AvgIpc) is 1.80. The summed E-state index contributed by atoms with van der Waals surface area (Å²) in [6.07, 6.45) is 1.48. The molecule has 0 bridgehead atoms. The molecule has 0 aromatic carbocycles. The molecule has 0 aliphatic heterocycles. The summed E-state index contributed by atoms with van der Waals surface area (Å²) < 4.78 is 1.08. The van der Waals surface area contributed by atoms with Gasteiger partial charge in [0.15, 0.2) is 0 Å². The van der Waals surface area contributed by atoms with E-state index in [-0.39, 0.29) is 5.62 Å². The van der Waals surface area contributed by atoms with Crippen molar-refractivity contribution >= 4 is 5.82 Å². The second-order valence-corrected chi connectivity index (χ2v) is 1.58. The molecule has 0 saturated carbocycles. The van der Waals surface area contributed by atoms with Crippen LogP contribution in [0.25, 0.3) is 0 Å². The van der Waals surface area contributed by atoms with Crippen molar-refractivity contribution in [3.63, 3.8) is 0 Å². The number of hydrogen-bond acceptors (Lipinski definition) is 4. The smallest absolute Gasteiger partial charge is 0.242 e. The van der Waals surface area contributed by atoms with Crippen LogP contribution in [0.5, 0.6) is 0 Å². The van der Waals surface area contributed by atoms with Gasteiger partial charge in [-0.25, -0.2) is 4.68 Å². The van der Waals surface area contributed by atoms with Crippen molar-refractivity contribution < 1.29 is 0 Å². The molecule has 0 aliphatic carbocycles. The molecular weight excluding hydrogens is 118 g/mol. The Morgan fingerprint density at radius 1 is 1.67 bits per heavy atom. The third kappa shape index (κ3) is 0.987. The zero-order valence-corrected chi connectivity index (χ0v) is 4.70. The fourth-order valence-electron chi connectivity index (χ4n) is 0.445. The first-order valence-corrected chi connectivity index (χ1v) is 2.35. The lowest BCUT2D eigenvalue weighted by Gasteiger charge is -1.95. The van der Waals surface area contributed by atoms with Gasteiger partial charge in [-0.15, -0.1) is 0 Å². The second-order valence-electron chi connectivity index (χ2n) is 1.58. The van der Waals surface area contributed by atoms with Gasteiger partial charge in [-0.2, -0.15) is 4.98 Å². The van der Waals surface area contributed by atoms with Crippen LogP contribution in [-0.2, 0) is 0 Å². The number of nitrogens with one attached hydrogen (secondary N) is 1. The number of nitrogen functional groups attached to an aromatic ring is 2. The molecule has 5 N–H and O–H groups in total. The number of nitrogens with two attached hydrogens (primary N) is 2. The summed E-state index contributed by atoms with van der Waals surface area (Å²) in [5.74, 6) is 5.51. The van der Waals surface area contributed by atoms with Crippen molar-refractivity contribution in [1.82, 2.24) is 9.66 Å². The third-order valence-corrected chi connectivity index (χ3v) is 0.885. The summed E-state index contributed by atoms with van der Waals surface area (Å²) in [5.41, 5.74) is 5.18. The van der Waals surface area contributed by atoms with Crippen molar-refractivity contribution in [2.75, 3.05) is 11.6 Å². The second kappa shape index (κ2) is 1.77. The normalized spacial score (nSPS) is 9.33. The monoisotopic (exact) mass is 125 g/mol. The molecule has 0 fully saturated rings. The standard InChI is InChI=1S/C4H7N5/c5-3-1-2-9(7)4(6)8-3/h1-2H,7H2,(H3,5,6,8). The molecule has 1 rings (SSSR count). The predicted octanol–water partition coefficient (Wildman–Crippen LogP) is -1.34. The van der Waals surface area contributed by atoms with Gasteiger partial charge in [-0.05, 0) is 6.07 Å². The summed E-state index contributed by atoms with van der Waals surface area (Å²) in [4.78, 5) is 3.56. The van der Waals surface area contributed by atoms with Crippen molar-refractivity contribution in [3.05, 3.63) is 17.9 Å². The Labute approximate surface area is 51.4 Å². The minimum Gasteiger partial charge on any atom is -0.384 e. The van der Waals surface area contributed by atoms with E-state index in [0.29, 0.717) is 5.82 Å². The van der Waals surface area contributed by atoms with Crippen LogP contribution in [0.3, 0.4) is 0 Å². The van der Waals surface area contributed by atoms with Crippen LogP contribution in [-0.4, -0.2) is 9.66 Å². The zero-order chi connectivity index (χ0) is 6.85. The zero-order valence-electron chi connectivity index (χ0n) is 4.70. The lowest BCUT2D eigenvalue weighted by atomic mass is 10.6. The lowest BCUT2D eigenvalue weighted by Crippen LogP contribution is -2.29. The van der Waals surface area contributed by atoms with E-state index in [1.54, 1.807) is 0 Å². The van der Waals surface area contributed by atoms with E-state index in [2.05, 4.69) is 4.98 Å². The Bertz CT molecular complexity index is 262. The van der Waals surface area contributed by atoms with E-state index in [1.165, 1.54) is 12.3 Å². The minimum absolute atomic E-state index is 0.0463. The quantitative estimate of drug-likeness (QED) is 0.374. The predicted molar refractivity (Wildman–Crippen MR) is 32.6 cm³/mol. The number of anilines is 1. The summed E-state index contributed by atoms with van der Waals surface area (Å²) in [6.45, 7) is 0. The Morgan fingerprint density at radius 3 is 2.78 bits per heavy atom. The van der Waals surface area contributed by atoms with Crippen LogP contribution in [0, 0.1) is 5.41 Å². The van der Waals surface area contributed by atoms with Gasteiger partial charge >= 0.3 is 0 Å². The highest BCUT2D eigenvalue weighted by molar-refractivity contribution is 5.23. The van der Waals surface area contributed by atoms with Gasteiger partial charge in [0.25, 0.3) is 0 Å². The highest BCUT2D eigenvalue weighted by Gasteiger charge is 1.85. The Morgan fingerprint density at radius 2 is 2.33 bits per heavy atom. The lowest BCUT2D eigenvalue weighted by molar-refractivity contribution is 0.816. The molecule has 9 heavy (non-hydrogen) atoms. The molecule has 0 spiro atoms. The maximum Gasteiger partial charge on any atom is 0.242 e. The fraction of sp³-hybridized carbons (Fsp3) is 0. The van der Waals surface area contributed by atoms with E-state index < -0.39 is 0 Å². The first-order valence-electron chi connectivity index (χ1n) is 2.35. The molecule has 0 saturated heterocycles. The van der Waals surface area contributed by atoms with Crippen LogP contribution in [0.1, 0.15) is 0 Å². The van der Waals surface area contributed by atoms with Gasteiger partial charge in [-0.3, -0.25) is 5.41 Å². The first kappa shape index (κ1) is 5.61. The van der Waals surface area contributed by atoms with Gasteiger partial charge in [-0.1, -0.05) is 0 Å². The van der Waals surface area contributed by atoms with Gasteiger partial charge < -0.3 is 11.6 Å². The van der Waals surface area contributed by atoms with Crippen LogP contribution < -0.4 is 17.2 Å². The maximum absolute atomic E-state index is 7.01. The van der Waals surface area contributed by atoms with Crippen molar-refractivity contribution in [3.8, 4) is 0 Å². The van der Waals surface area contributed by atoms with Crippen LogP contribution in [0.15, 0.2) is 12.3 Å². The summed E-state index contributed by atoms with van der Waals surface area (Å²) >= 11 is 0. The molecule has 1 aromatic heterocycles. The number of nitrogens with zero attached hydrogens (tertiary/aromatic N) is 2. The van der Waals surface area contributed by atoms with Crippen molar-refractivity contribution in [2.45, 2.75) is 0 Å². The molecule has 0 radical (unpaired) electrons. The molecule has 5 nitrogen and oxygen atoms in total. The molecule has 0 atom stereocenters. The van der Waals surface area contributed by atoms with Crippen molar-refractivity contribution in [2.24, 2.45) is 0 Å². The van der Waals surface area contributed by atoms with Gasteiger partial charge in [0.2, 0.25) is 5.62 Å². The summed E-state index contributed by atoms with van der Waals surface area (Å²) in [6, 6.07) is 1.53. The minimum atomic E-state index is -0.0463. The molecule has 0 unspecified atom stereocenters. The highest BCUT2D eigenvalue weighted by Crippen LogP contribution is 1.84. The highest BCUT2D eigenvalue weighted by atomic mass is 15.3. The number of aromatic nitrogens is 2. The Hall–Kier alpha value is -1.52. The van der Waals surface area contributed by atoms with Gasteiger partial charge in [0.1, 0.15) is 5.82 Å². The van der Waals surface area contributed by atoms with E-state index in [0.717, 1.165) is 4.68 Å². The van der Waals surface area contributed by atoms with Crippen LogP contribution in [0.2, 0.25) is 0 Å². The average molecular weight is 125 g/mol. The maximum atomic E-state index is 7.01. The Balaban J connectivity index is 3.34. The van der Waals surface area contributed by atoms with E-state index in [4.69, 9.17) is 17.0 Å². The molecular formula is C4H7N5. The van der Waals surface area contributed by atoms with Crippen LogP contribution in [0.4, 0.5) is 5.82 Å². The van der Waals surface area contributed by atoms with E-state index in [9.17, 15) is 0 Å². The largest absolute Gasteiger partial charge is 0.384 e. The molecule has 1 heterocycles. The van der Waals surface area contributed by atoms with E-state index >= 15 is 0 Å². The van der Waals surface area contributed by atoms with E-state index in [1.807, 2.05) is 0 Å². The van der Waals surface area contributed by atoms with Crippen molar-refractivity contribution in [1.29, 1.82) is 5.41 Å². The molecule has 0 amide bonds.